The molecule has 2 aromatic rings. The number of amides is 1. The molecule has 0 aliphatic carbocycles. The zero-order valence-electron chi connectivity index (χ0n) is 13.6. The lowest BCUT2D eigenvalue weighted by molar-refractivity contribution is -0.118. The second kappa shape index (κ2) is 9.23. The lowest BCUT2D eigenvalue weighted by Crippen LogP contribution is -2.32. The van der Waals surface area contributed by atoms with Gasteiger partial charge in [0.05, 0.1) is 5.75 Å². The summed E-state index contributed by atoms with van der Waals surface area (Å²) in [6, 6.07) is 19.5. The van der Waals surface area contributed by atoms with Crippen LogP contribution in [0.4, 0.5) is 0 Å². The maximum Gasteiger partial charge on any atom is 0.235 e. The highest BCUT2D eigenvalue weighted by Gasteiger charge is 2.16. The first kappa shape index (κ1) is 18.2. The van der Waals surface area contributed by atoms with Crippen LogP contribution in [0.25, 0.3) is 0 Å². The summed E-state index contributed by atoms with van der Waals surface area (Å²) < 4.78 is 24.0. The van der Waals surface area contributed by atoms with E-state index in [4.69, 9.17) is 0 Å². The molecule has 4 nitrogen and oxygen atoms in total. The second-order valence-corrected chi connectivity index (χ2v) is 7.95. The Balaban J connectivity index is 1.67. The summed E-state index contributed by atoms with van der Waals surface area (Å²) in [5.41, 5.74) is 2.23. The Labute approximate surface area is 143 Å². The van der Waals surface area contributed by atoms with Gasteiger partial charge in [-0.3, -0.25) is 4.79 Å². The molecule has 5 heteroatoms. The SMILES string of the molecule is O=C(CS(=O)(=O)CCCc1ccccc1)NCCc1ccccc1. The maximum atomic E-state index is 12.0. The molecule has 0 aliphatic rings. The summed E-state index contributed by atoms with van der Waals surface area (Å²) in [4.78, 5) is 11.8. The zero-order valence-corrected chi connectivity index (χ0v) is 14.5. The molecule has 0 saturated carbocycles. The maximum absolute atomic E-state index is 12.0. The zero-order chi connectivity index (χ0) is 17.3. The van der Waals surface area contributed by atoms with Gasteiger partial charge in [0, 0.05) is 6.54 Å². The van der Waals surface area contributed by atoms with Crippen LogP contribution in [0.3, 0.4) is 0 Å². The van der Waals surface area contributed by atoms with Crippen LogP contribution in [0.2, 0.25) is 0 Å². The van der Waals surface area contributed by atoms with E-state index in [1.165, 1.54) is 0 Å². The first-order chi connectivity index (χ1) is 11.6. The van der Waals surface area contributed by atoms with Gasteiger partial charge < -0.3 is 5.32 Å². The summed E-state index contributed by atoms with van der Waals surface area (Å²) in [5.74, 6) is -0.824. The van der Waals surface area contributed by atoms with E-state index in [-0.39, 0.29) is 5.75 Å². The molecule has 0 atom stereocenters. The van der Waals surface area contributed by atoms with Crippen LogP contribution < -0.4 is 5.32 Å². The highest BCUT2D eigenvalue weighted by atomic mass is 32.2. The molecule has 2 rings (SSSR count). The molecule has 24 heavy (non-hydrogen) atoms. The average molecular weight is 345 g/mol. The van der Waals surface area contributed by atoms with Crippen molar-refractivity contribution < 1.29 is 13.2 Å². The van der Waals surface area contributed by atoms with Gasteiger partial charge in [0.15, 0.2) is 9.84 Å². The van der Waals surface area contributed by atoms with E-state index in [2.05, 4.69) is 5.32 Å². The Kier molecular flexibility index (Phi) is 7.00. The van der Waals surface area contributed by atoms with Crippen LogP contribution >= 0.6 is 0 Å². The van der Waals surface area contributed by atoms with Gasteiger partial charge in [0.25, 0.3) is 0 Å². The van der Waals surface area contributed by atoms with Gasteiger partial charge in [-0.25, -0.2) is 8.42 Å². The molecule has 0 unspecified atom stereocenters. The van der Waals surface area contributed by atoms with Gasteiger partial charge in [-0.2, -0.15) is 0 Å². The number of carbonyl (C=O) groups excluding carboxylic acids is 1. The molecule has 0 spiro atoms. The first-order valence-electron chi connectivity index (χ1n) is 8.10. The van der Waals surface area contributed by atoms with Crippen molar-refractivity contribution >= 4 is 15.7 Å². The highest BCUT2D eigenvalue weighted by Crippen LogP contribution is 2.05. The van der Waals surface area contributed by atoms with Crippen molar-refractivity contribution in [1.82, 2.24) is 5.32 Å². The number of benzene rings is 2. The van der Waals surface area contributed by atoms with Crippen LogP contribution in [-0.2, 0) is 27.5 Å². The van der Waals surface area contributed by atoms with Crippen LogP contribution in [0.15, 0.2) is 60.7 Å². The third-order valence-corrected chi connectivity index (χ3v) is 5.31. The van der Waals surface area contributed by atoms with Crippen molar-refractivity contribution in [3.05, 3.63) is 71.8 Å². The fourth-order valence-electron chi connectivity index (χ4n) is 2.45. The number of rotatable bonds is 9. The normalized spacial score (nSPS) is 11.2. The summed E-state index contributed by atoms with van der Waals surface area (Å²) in [6.07, 6.45) is 1.93. The molecule has 2 aromatic carbocycles. The fraction of sp³-hybridized carbons (Fsp3) is 0.316. The quantitative estimate of drug-likeness (QED) is 0.759. The van der Waals surface area contributed by atoms with Crippen molar-refractivity contribution in [2.24, 2.45) is 0 Å². The minimum absolute atomic E-state index is 0.0357. The molecule has 0 bridgehead atoms. The lowest BCUT2D eigenvalue weighted by Gasteiger charge is -2.07. The number of carbonyl (C=O) groups is 1. The highest BCUT2D eigenvalue weighted by molar-refractivity contribution is 7.92. The van der Waals surface area contributed by atoms with Gasteiger partial charge in [-0.15, -0.1) is 0 Å². The molecule has 0 aromatic heterocycles. The number of sulfone groups is 1. The molecule has 1 amide bonds. The Morgan fingerprint density at radius 3 is 1.96 bits per heavy atom. The predicted molar refractivity (Wildman–Crippen MR) is 96.6 cm³/mol. The third-order valence-electron chi connectivity index (χ3n) is 3.69. The van der Waals surface area contributed by atoms with E-state index in [0.717, 1.165) is 11.1 Å². The molecule has 0 radical (unpaired) electrons. The van der Waals surface area contributed by atoms with Crippen molar-refractivity contribution in [3.63, 3.8) is 0 Å². The van der Waals surface area contributed by atoms with Gasteiger partial charge >= 0.3 is 0 Å². The van der Waals surface area contributed by atoms with E-state index in [1.54, 1.807) is 0 Å². The number of nitrogens with one attached hydrogen (secondary N) is 1. The van der Waals surface area contributed by atoms with Crippen molar-refractivity contribution in [2.45, 2.75) is 19.3 Å². The van der Waals surface area contributed by atoms with Crippen LogP contribution in [0.5, 0.6) is 0 Å². The number of aryl methyl sites for hydroxylation is 1. The summed E-state index contributed by atoms with van der Waals surface area (Å²) in [5, 5.41) is 2.68. The molecule has 1 N–H and O–H groups in total. The van der Waals surface area contributed by atoms with Crippen molar-refractivity contribution in [1.29, 1.82) is 0 Å². The standard InChI is InChI=1S/C19H23NO3S/c21-19(20-14-13-18-10-5-2-6-11-18)16-24(22,23)15-7-12-17-8-3-1-4-9-17/h1-6,8-11H,7,12-16H2,(H,20,21). The van der Waals surface area contributed by atoms with Gasteiger partial charge in [0.1, 0.15) is 5.75 Å². The molecular formula is C19H23NO3S. The summed E-state index contributed by atoms with van der Waals surface area (Å²) in [7, 11) is -3.36. The second-order valence-electron chi connectivity index (χ2n) is 5.77. The van der Waals surface area contributed by atoms with Crippen LogP contribution in [0, 0.1) is 0 Å². The summed E-state index contributed by atoms with van der Waals surface area (Å²) in [6.45, 7) is 0.447. The largest absolute Gasteiger partial charge is 0.355 e. The Bertz CT molecular complexity index is 728. The van der Waals surface area contributed by atoms with E-state index in [1.807, 2.05) is 60.7 Å². The van der Waals surface area contributed by atoms with Gasteiger partial charge in [-0.1, -0.05) is 60.7 Å². The van der Waals surface area contributed by atoms with E-state index in [0.29, 0.717) is 25.8 Å². The molecule has 0 saturated heterocycles. The van der Waals surface area contributed by atoms with Crippen molar-refractivity contribution in [2.75, 3.05) is 18.1 Å². The van der Waals surface area contributed by atoms with Crippen LogP contribution in [-0.4, -0.2) is 32.4 Å². The Hall–Kier alpha value is -2.14. The third kappa shape index (κ3) is 6.96. The minimum atomic E-state index is -3.36. The lowest BCUT2D eigenvalue weighted by atomic mass is 10.1. The fourth-order valence-corrected chi connectivity index (χ4v) is 3.68. The van der Waals surface area contributed by atoms with Crippen LogP contribution in [0.1, 0.15) is 17.5 Å². The molecule has 0 fully saturated rings. The van der Waals surface area contributed by atoms with Gasteiger partial charge in [0.2, 0.25) is 5.91 Å². The minimum Gasteiger partial charge on any atom is -0.355 e. The van der Waals surface area contributed by atoms with Gasteiger partial charge in [-0.05, 0) is 30.4 Å². The topological polar surface area (TPSA) is 63.2 Å². The first-order valence-corrected chi connectivity index (χ1v) is 9.92. The van der Waals surface area contributed by atoms with Crippen molar-refractivity contribution in [3.8, 4) is 0 Å². The average Bonchev–Trinajstić information content (AvgIpc) is 2.56. The molecule has 128 valence electrons. The smallest absolute Gasteiger partial charge is 0.235 e. The number of hydrogen-bond donors (Lipinski definition) is 1. The molecule has 0 heterocycles. The van der Waals surface area contributed by atoms with E-state index >= 15 is 0 Å². The summed E-state index contributed by atoms with van der Waals surface area (Å²) >= 11 is 0. The number of hydrogen-bond acceptors (Lipinski definition) is 3. The predicted octanol–water partition coefficient (Wildman–Crippen LogP) is 2.39. The monoisotopic (exact) mass is 345 g/mol. The Morgan fingerprint density at radius 2 is 1.38 bits per heavy atom. The molecule has 0 aliphatic heterocycles. The molecular weight excluding hydrogens is 322 g/mol. The Morgan fingerprint density at radius 1 is 0.833 bits per heavy atom. The van der Waals surface area contributed by atoms with E-state index in [9.17, 15) is 13.2 Å². The van der Waals surface area contributed by atoms with E-state index < -0.39 is 21.5 Å².